The molecule has 0 aromatic carbocycles. The first-order valence-electron chi connectivity index (χ1n) is 5.92. The van der Waals surface area contributed by atoms with Gasteiger partial charge in [-0.1, -0.05) is 40.5 Å². The summed E-state index contributed by atoms with van der Waals surface area (Å²) in [4.78, 5) is 2.35. The third-order valence-electron chi connectivity index (χ3n) is 2.99. The van der Waals surface area contributed by atoms with Gasteiger partial charge in [-0.25, -0.2) is 0 Å². The standard InChI is InChI=1S/C12H28N2/c1-7-11(8-2)12(14(5)6)9-13-10(3)4/h10-13H,7-9H2,1-6H3. The van der Waals surface area contributed by atoms with E-state index in [0.717, 1.165) is 12.5 Å². The monoisotopic (exact) mass is 200 g/mol. The van der Waals surface area contributed by atoms with Crippen molar-refractivity contribution < 1.29 is 0 Å². The van der Waals surface area contributed by atoms with E-state index in [1.807, 2.05) is 0 Å². The van der Waals surface area contributed by atoms with E-state index >= 15 is 0 Å². The molecule has 86 valence electrons. The second kappa shape index (κ2) is 7.24. The average molecular weight is 200 g/mol. The highest BCUT2D eigenvalue weighted by atomic mass is 15.1. The van der Waals surface area contributed by atoms with Gasteiger partial charge >= 0.3 is 0 Å². The first-order chi connectivity index (χ1) is 6.52. The Labute approximate surface area is 90.1 Å². The Balaban J connectivity index is 4.13. The highest BCUT2D eigenvalue weighted by Gasteiger charge is 2.20. The maximum absolute atomic E-state index is 3.53. The number of nitrogens with zero attached hydrogens (tertiary/aromatic N) is 1. The van der Waals surface area contributed by atoms with Gasteiger partial charge in [0.2, 0.25) is 0 Å². The first-order valence-corrected chi connectivity index (χ1v) is 5.92. The molecule has 2 nitrogen and oxygen atoms in total. The second-order valence-electron chi connectivity index (χ2n) is 4.67. The van der Waals surface area contributed by atoms with Crippen LogP contribution < -0.4 is 5.32 Å². The minimum absolute atomic E-state index is 0.590. The molecular weight excluding hydrogens is 172 g/mol. The summed E-state index contributed by atoms with van der Waals surface area (Å²) in [7, 11) is 4.37. The van der Waals surface area contributed by atoms with Gasteiger partial charge < -0.3 is 10.2 Å². The Morgan fingerprint density at radius 1 is 1.07 bits per heavy atom. The van der Waals surface area contributed by atoms with Crippen molar-refractivity contribution in [3.8, 4) is 0 Å². The molecule has 0 amide bonds. The molecule has 0 spiro atoms. The molecule has 0 aliphatic carbocycles. The Morgan fingerprint density at radius 3 is 1.86 bits per heavy atom. The zero-order chi connectivity index (χ0) is 11.1. The number of likely N-dealkylation sites (N-methyl/N-ethyl adjacent to an activating group) is 1. The van der Waals surface area contributed by atoms with Gasteiger partial charge in [-0.2, -0.15) is 0 Å². The summed E-state index contributed by atoms with van der Waals surface area (Å²) in [5.41, 5.74) is 0. The lowest BCUT2D eigenvalue weighted by Gasteiger charge is -2.32. The molecule has 0 rings (SSSR count). The summed E-state index contributed by atoms with van der Waals surface area (Å²) < 4.78 is 0. The molecule has 0 aliphatic rings. The number of rotatable bonds is 7. The minimum Gasteiger partial charge on any atom is -0.313 e. The first kappa shape index (κ1) is 13.9. The van der Waals surface area contributed by atoms with Gasteiger partial charge in [0.15, 0.2) is 0 Å². The summed E-state index contributed by atoms with van der Waals surface area (Å²) in [6.07, 6.45) is 2.55. The van der Waals surface area contributed by atoms with E-state index < -0.39 is 0 Å². The molecule has 1 N–H and O–H groups in total. The zero-order valence-corrected chi connectivity index (χ0v) is 10.8. The quantitative estimate of drug-likeness (QED) is 0.678. The molecule has 1 atom stereocenters. The van der Waals surface area contributed by atoms with E-state index in [2.05, 4.69) is 52.0 Å². The van der Waals surface area contributed by atoms with Crippen LogP contribution in [-0.2, 0) is 0 Å². The summed E-state index contributed by atoms with van der Waals surface area (Å²) in [5, 5.41) is 3.53. The molecule has 0 saturated carbocycles. The highest BCUT2D eigenvalue weighted by Crippen LogP contribution is 2.16. The van der Waals surface area contributed by atoms with Crippen molar-refractivity contribution in [2.24, 2.45) is 5.92 Å². The molecule has 0 aromatic rings. The van der Waals surface area contributed by atoms with Gasteiger partial charge in [0.05, 0.1) is 0 Å². The van der Waals surface area contributed by atoms with Gasteiger partial charge in [-0.05, 0) is 20.0 Å². The SMILES string of the molecule is CCC(CC)C(CNC(C)C)N(C)C. The summed E-state index contributed by atoms with van der Waals surface area (Å²) in [6.45, 7) is 10.1. The van der Waals surface area contributed by atoms with Gasteiger partial charge in [0, 0.05) is 18.6 Å². The fourth-order valence-electron chi connectivity index (χ4n) is 1.96. The Kier molecular flexibility index (Phi) is 7.20. The maximum Gasteiger partial charge on any atom is 0.0242 e. The number of hydrogen-bond donors (Lipinski definition) is 1. The average Bonchev–Trinajstić information content (AvgIpc) is 2.11. The third kappa shape index (κ3) is 4.97. The van der Waals surface area contributed by atoms with Crippen LogP contribution in [0.1, 0.15) is 40.5 Å². The third-order valence-corrected chi connectivity index (χ3v) is 2.99. The fraction of sp³-hybridized carbons (Fsp3) is 1.00. The predicted octanol–water partition coefficient (Wildman–Crippen LogP) is 2.35. The van der Waals surface area contributed by atoms with Gasteiger partial charge in [0.25, 0.3) is 0 Å². The van der Waals surface area contributed by atoms with E-state index in [4.69, 9.17) is 0 Å². The van der Waals surface area contributed by atoms with Crippen LogP contribution in [0.25, 0.3) is 0 Å². The lowest BCUT2D eigenvalue weighted by Crippen LogP contribution is -2.44. The van der Waals surface area contributed by atoms with Crippen molar-refractivity contribution in [1.29, 1.82) is 0 Å². The van der Waals surface area contributed by atoms with Crippen molar-refractivity contribution in [3.63, 3.8) is 0 Å². The topological polar surface area (TPSA) is 15.3 Å². The summed E-state index contributed by atoms with van der Waals surface area (Å²) in [5.74, 6) is 0.816. The van der Waals surface area contributed by atoms with Crippen molar-refractivity contribution >= 4 is 0 Å². The molecular formula is C12H28N2. The van der Waals surface area contributed by atoms with E-state index in [1.165, 1.54) is 12.8 Å². The predicted molar refractivity (Wildman–Crippen MR) is 64.7 cm³/mol. The van der Waals surface area contributed by atoms with Crippen LogP contribution >= 0.6 is 0 Å². The van der Waals surface area contributed by atoms with Crippen LogP contribution in [0, 0.1) is 5.92 Å². The van der Waals surface area contributed by atoms with Crippen LogP contribution in [0.2, 0.25) is 0 Å². The molecule has 0 fully saturated rings. The molecule has 0 bridgehead atoms. The lowest BCUT2D eigenvalue weighted by molar-refractivity contribution is 0.191. The molecule has 0 aromatic heterocycles. The fourth-order valence-corrected chi connectivity index (χ4v) is 1.96. The molecule has 0 heterocycles. The van der Waals surface area contributed by atoms with Crippen LogP contribution in [0.5, 0.6) is 0 Å². The lowest BCUT2D eigenvalue weighted by atomic mass is 9.93. The Morgan fingerprint density at radius 2 is 1.57 bits per heavy atom. The normalized spacial score (nSPS) is 14.4. The highest BCUT2D eigenvalue weighted by molar-refractivity contribution is 4.77. The molecule has 2 heteroatoms. The second-order valence-corrected chi connectivity index (χ2v) is 4.67. The van der Waals surface area contributed by atoms with Gasteiger partial charge in [0.1, 0.15) is 0 Å². The van der Waals surface area contributed by atoms with E-state index in [1.54, 1.807) is 0 Å². The molecule has 14 heavy (non-hydrogen) atoms. The van der Waals surface area contributed by atoms with Gasteiger partial charge in [-0.15, -0.1) is 0 Å². The van der Waals surface area contributed by atoms with E-state index in [9.17, 15) is 0 Å². The van der Waals surface area contributed by atoms with Crippen molar-refractivity contribution in [2.75, 3.05) is 20.6 Å². The molecule has 0 saturated heterocycles. The molecule has 1 unspecified atom stereocenters. The number of hydrogen-bond acceptors (Lipinski definition) is 2. The van der Waals surface area contributed by atoms with E-state index in [0.29, 0.717) is 12.1 Å². The molecule has 0 aliphatic heterocycles. The van der Waals surface area contributed by atoms with Crippen molar-refractivity contribution in [2.45, 2.75) is 52.6 Å². The Bertz CT molecular complexity index is 128. The van der Waals surface area contributed by atoms with Crippen LogP contribution in [0.15, 0.2) is 0 Å². The smallest absolute Gasteiger partial charge is 0.0242 e. The number of nitrogens with one attached hydrogen (secondary N) is 1. The summed E-state index contributed by atoms with van der Waals surface area (Å²) in [6, 6.07) is 1.26. The van der Waals surface area contributed by atoms with Crippen LogP contribution in [0.4, 0.5) is 0 Å². The minimum atomic E-state index is 0.590. The zero-order valence-electron chi connectivity index (χ0n) is 10.8. The van der Waals surface area contributed by atoms with Crippen molar-refractivity contribution in [3.05, 3.63) is 0 Å². The van der Waals surface area contributed by atoms with Gasteiger partial charge in [-0.3, -0.25) is 0 Å². The maximum atomic E-state index is 3.53. The van der Waals surface area contributed by atoms with Crippen molar-refractivity contribution in [1.82, 2.24) is 10.2 Å². The van der Waals surface area contributed by atoms with Crippen LogP contribution in [-0.4, -0.2) is 37.6 Å². The van der Waals surface area contributed by atoms with E-state index in [-0.39, 0.29) is 0 Å². The largest absolute Gasteiger partial charge is 0.313 e. The summed E-state index contributed by atoms with van der Waals surface area (Å²) >= 11 is 0. The molecule has 0 radical (unpaired) electrons. The Hall–Kier alpha value is -0.0800. The van der Waals surface area contributed by atoms with Crippen LogP contribution in [0.3, 0.4) is 0 Å².